The third-order valence-electron chi connectivity index (χ3n) is 4.38. The first-order valence-corrected chi connectivity index (χ1v) is 9.76. The average molecular weight is 386 g/mol. The van der Waals surface area contributed by atoms with E-state index in [0.717, 1.165) is 32.2 Å². The van der Waals surface area contributed by atoms with Gasteiger partial charge in [0.1, 0.15) is 0 Å². The van der Waals surface area contributed by atoms with Crippen molar-refractivity contribution in [2.75, 3.05) is 13.1 Å². The molecule has 0 aliphatic rings. The monoisotopic (exact) mass is 385 g/mol. The van der Waals surface area contributed by atoms with Gasteiger partial charge in [-0.1, -0.05) is 36.7 Å². The van der Waals surface area contributed by atoms with E-state index < -0.39 is 0 Å². The molecule has 4 nitrogen and oxygen atoms in total. The van der Waals surface area contributed by atoms with Gasteiger partial charge >= 0.3 is 0 Å². The summed E-state index contributed by atoms with van der Waals surface area (Å²) >= 11 is 7.55. The molecule has 0 amide bonds. The van der Waals surface area contributed by atoms with Gasteiger partial charge < -0.3 is 4.57 Å². The number of aryl methyl sites for hydroxylation is 1. The normalized spacial score (nSPS) is 11.2. The largest absolute Gasteiger partial charge is 0.346 e. The smallest absolute Gasteiger partial charge is 0.178 e. The van der Waals surface area contributed by atoms with E-state index in [4.69, 9.17) is 16.9 Å². The molecule has 1 aromatic carbocycles. The second-order valence-electron chi connectivity index (χ2n) is 6.09. The molecule has 0 bridgehead atoms. The van der Waals surface area contributed by atoms with Gasteiger partial charge in [-0.25, -0.2) is 0 Å². The van der Waals surface area contributed by atoms with Crippen LogP contribution >= 0.6 is 22.9 Å². The van der Waals surface area contributed by atoms with Crippen molar-refractivity contribution in [3.8, 4) is 6.07 Å². The quantitative estimate of drug-likeness (QED) is 0.514. The van der Waals surface area contributed by atoms with E-state index >= 15 is 0 Å². The molecule has 0 radical (unpaired) electrons. The minimum Gasteiger partial charge on any atom is -0.346 e. The first-order valence-electron chi connectivity index (χ1n) is 8.57. The molecule has 3 aromatic rings. The van der Waals surface area contributed by atoms with Crippen LogP contribution in [0.1, 0.15) is 28.6 Å². The highest BCUT2D eigenvalue weighted by Gasteiger charge is 2.18. The van der Waals surface area contributed by atoms with E-state index in [1.807, 2.05) is 47.2 Å². The molecule has 26 heavy (non-hydrogen) atoms. The minimum absolute atomic E-state index is 0.0985. The Balaban J connectivity index is 1.81. The maximum Gasteiger partial charge on any atom is 0.178 e. The predicted molar refractivity (Wildman–Crippen MR) is 107 cm³/mol. The number of halogens is 1. The van der Waals surface area contributed by atoms with Crippen LogP contribution < -0.4 is 0 Å². The number of carbonyl (C=O) groups excluding carboxylic acids is 1. The van der Waals surface area contributed by atoms with Crippen molar-refractivity contribution >= 4 is 39.6 Å². The lowest BCUT2D eigenvalue weighted by molar-refractivity contribution is 0.0931. The van der Waals surface area contributed by atoms with Gasteiger partial charge in [-0.15, -0.1) is 11.3 Å². The maximum absolute atomic E-state index is 13.0. The highest BCUT2D eigenvalue weighted by Crippen LogP contribution is 2.24. The number of nitriles is 1. The number of carbonyl (C=O) groups is 1. The number of nitrogens with zero attached hydrogens (tertiary/aromatic N) is 3. The average Bonchev–Trinajstić information content (AvgIpc) is 3.23. The lowest BCUT2D eigenvalue weighted by Crippen LogP contribution is -2.29. The van der Waals surface area contributed by atoms with Crippen LogP contribution in [-0.4, -0.2) is 28.3 Å². The maximum atomic E-state index is 13.0. The number of hydrogen-bond donors (Lipinski definition) is 0. The van der Waals surface area contributed by atoms with Crippen LogP contribution in [0.4, 0.5) is 0 Å². The lowest BCUT2D eigenvalue weighted by Gasteiger charge is -2.18. The Labute approximate surface area is 162 Å². The number of likely N-dealkylation sites (N-methyl/N-ethyl adjacent to an activating group) is 1. The Morgan fingerprint density at radius 3 is 2.81 bits per heavy atom. The van der Waals surface area contributed by atoms with Crippen molar-refractivity contribution in [1.82, 2.24) is 9.47 Å². The number of thiophene rings is 1. The number of Topliss-reactive ketones (excluding diaryl/α,β-unsaturated/α-hetero) is 1. The zero-order chi connectivity index (χ0) is 18.5. The lowest BCUT2D eigenvalue weighted by atomic mass is 10.1. The summed E-state index contributed by atoms with van der Waals surface area (Å²) in [5.41, 5.74) is 1.72. The molecule has 0 saturated carbocycles. The van der Waals surface area contributed by atoms with E-state index in [-0.39, 0.29) is 5.78 Å². The van der Waals surface area contributed by atoms with Gasteiger partial charge in [-0.05, 0) is 24.7 Å². The number of para-hydroxylation sites is 1. The molecule has 0 aliphatic carbocycles. The van der Waals surface area contributed by atoms with Crippen molar-refractivity contribution in [3.63, 3.8) is 0 Å². The Kier molecular flexibility index (Phi) is 6.10. The van der Waals surface area contributed by atoms with Gasteiger partial charge in [0.2, 0.25) is 0 Å². The molecule has 0 saturated heterocycles. The van der Waals surface area contributed by atoms with Crippen LogP contribution in [0.2, 0.25) is 4.34 Å². The van der Waals surface area contributed by atoms with Gasteiger partial charge in [0.25, 0.3) is 0 Å². The number of benzene rings is 1. The van der Waals surface area contributed by atoms with E-state index in [1.54, 1.807) is 11.3 Å². The van der Waals surface area contributed by atoms with Gasteiger partial charge in [0.05, 0.1) is 23.4 Å². The van der Waals surface area contributed by atoms with Crippen molar-refractivity contribution in [2.24, 2.45) is 0 Å². The van der Waals surface area contributed by atoms with E-state index in [2.05, 4.69) is 17.9 Å². The molecule has 3 rings (SSSR count). The Morgan fingerprint density at radius 2 is 2.12 bits per heavy atom. The van der Waals surface area contributed by atoms with E-state index in [0.29, 0.717) is 26.1 Å². The van der Waals surface area contributed by atoms with Crippen LogP contribution in [-0.2, 0) is 13.1 Å². The van der Waals surface area contributed by atoms with Gasteiger partial charge in [-0.3, -0.25) is 9.69 Å². The number of hydrogen-bond acceptors (Lipinski definition) is 4. The SMILES string of the molecule is CCN(CC(=O)c1cn(CCC#N)c2ccccc12)Cc1ccc(Cl)s1. The van der Waals surface area contributed by atoms with Gasteiger partial charge in [-0.2, -0.15) is 5.26 Å². The molecular formula is C20H20ClN3OS. The number of rotatable bonds is 8. The molecule has 0 unspecified atom stereocenters. The van der Waals surface area contributed by atoms with E-state index in [9.17, 15) is 4.79 Å². The van der Waals surface area contributed by atoms with Crippen molar-refractivity contribution in [1.29, 1.82) is 5.26 Å². The summed E-state index contributed by atoms with van der Waals surface area (Å²) in [6.07, 6.45) is 2.31. The second-order valence-corrected chi connectivity index (χ2v) is 7.89. The predicted octanol–water partition coefficient (Wildman–Crippen LogP) is 4.97. The van der Waals surface area contributed by atoms with Crippen LogP contribution in [0.3, 0.4) is 0 Å². The molecule has 6 heteroatoms. The standard InChI is InChI=1S/C20H20ClN3OS/c1-2-23(12-15-8-9-20(21)26-15)14-19(25)17-13-24(11-5-10-22)18-7-4-3-6-16(17)18/h3-4,6-9,13H,2,5,11-12,14H2,1H3. The van der Waals surface area contributed by atoms with Gasteiger partial charge in [0, 0.05) is 40.6 Å². The molecule has 0 aliphatic heterocycles. The summed E-state index contributed by atoms with van der Waals surface area (Å²) < 4.78 is 2.77. The molecule has 0 spiro atoms. The summed E-state index contributed by atoms with van der Waals surface area (Å²) in [5.74, 6) is 0.0985. The zero-order valence-corrected chi connectivity index (χ0v) is 16.2. The van der Waals surface area contributed by atoms with E-state index in [1.165, 1.54) is 0 Å². The highest BCUT2D eigenvalue weighted by molar-refractivity contribution is 7.16. The summed E-state index contributed by atoms with van der Waals surface area (Å²) in [4.78, 5) is 16.2. The van der Waals surface area contributed by atoms with Crippen LogP contribution in [0.15, 0.2) is 42.6 Å². The molecule has 2 heterocycles. The number of fused-ring (bicyclic) bond motifs is 1. The van der Waals surface area contributed by atoms with Crippen LogP contribution in [0.25, 0.3) is 10.9 Å². The molecule has 2 aromatic heterocycles. The fourth-order valence-corrected chi connectivity index (χ4v) is 4.18. The zero-order valence-electron chi connectivity index (χ0n) is 14.6. The fourth-order valence-electron chi connectivity index (χ4n) is 3.05. The molecular weight excluding hydrogens is 366 g/mol. The minimum atomic E-state index is 0.0985. The van der Waals surface area contributed by atoms with Crippen molar-refractivity contribution in [2.45, 2.75) is 26.4 Å². The third kappa shape index (κ3) is 4.16. The number of aromatic nitrogens is 1. The Morgan fingerprint density at radius 1 is 1.31 bits per heavy atom. The highest BCUT2D eigenvalue weighted by atomic mass is 35.5. The Bertz CT molecular complexity index is 954. The molecule has 0 N–H and O–H groups in total. The fraction of sp³-hybridized carbons (Fsp3) is 0.300. The second kappa shape index (κ2) is 8.50. The summed E-state index contributed by atoms with van der Waals surface area (Å²) in [6.45, 7) is 4.51. The molecule has 134 valence electrons. The van der Waals surface area contributed by atoms with Crippen molar-refractivity contribution in [3.05, 3.63) is 57.4 Å². The molecule has 0 fully saturated rings. The Hall–Kier alpha value is -2.13. The first kappa shape index (κ1) is 18.7. The van der Waals surface area contributed by atoms with Crippen LogP contribution in [0, 0.1) is 11.3 Å². The van der Waals surface area contributed by atoms with Crippen molar-refractivity contribution < 1.29 is 4.79 Å². The van der Waals surface area contributed by atoms with Crippen LogP contribution in [0.5, 0.6) is 0 Å². The van der Waals surface area contributed by atoms with Gasteiger partial charge in [0.15, 0.2) is 5.78 Å². The summed E-state index contributed by atoms with van der Waals surface area (Å²) in [7, 11) is 0. The summed E-state index contributed by atoms with van der Waals surface area (Å²) in [5, 5.41) is 9.81. The topological polar surface area (TPSA) is 49.0 Å². The third-order valence-corrected chi connectivity index (χ3v) is 5.59. The number of ketones is 1. The first-order chi connectivity index (χ1) is 12.6. The summed E-state index contributed by atoms with van der Waals surface area (Å²) in [6, 6.07) is 13.9. The molecule has 0 atom stereocenters.